The third-order valence-electron chi connectivity index (χ3n) is 4.97. The minimum Gasteiger partial charge on any atom is -0.368 e. The first kappa shape index (κ1) is 13.9. The zero-order valence-electron chi connectivity index (χ0n) is 12.8. The molecule has 0 saturated heterocycles. The van der Waals surface area contributed by atoms with Crippen molar-refractivity contribution >= 4 is 5.69 Å². The average Bonchev–Trinajstić information content (AvgIpc) is 2.53. The second kappa shape index (κ2) is 6.62. The van der Waals surface area contributed by atoms with Crippen molar-refractivity contribution in [1.29, 1.82) is 0 Å². The largest absolute Gasteiger partial charge is 0.368 e. The van der Waals surface area contributed by atoms with Crippen LogP contribution >= 0.6 is 0 Å². The molecule has 2 nitrogen and oxygen atoms in total. The first-order valence-electron chi connectivity index (χ1n) is 8.46. The molecule has 0 aromatic heterocycles. The van der Waals surface area contributed by atoms with Gasteiger partial charge in [-0.15, -0.1) is 0 Å². The second-order valence-corrected chi connectivity index (χ2v) is 6.39. The van der Waals surface area contributed by atoms with Crippen LogP contribution < -0.4 is 10.2 Å². The van der Waals surface area contributed by atoms with Gasteiger partial charge < -0.3 is 10.2 Å². The third-order valence-corrected chi connectivity index (χ3v) is 4.97. The summed E-state index contributed by atoms with van der Waals surface area (Å²) in [6, 6.07) is 10.6. The van der Waals surface area contributed by atoms with E-state index in [2.05, 4.69) is 41.4 Å². The summed E-state index contributed by atoms with van der Waals surface area (Å²) in [5.41, 5.74) is 3.08. The molecule has 0 unspecified atom stereocenters. The van der Waals surface area contributed by atoms with Crippen LogP contribution in [0.5, 0.6) is 0 Å². The molecule has 1 aliphatic carbocycles. The minimum absolute atomic E-state index is 0.770. The molecule has 1 heterocycles. The Morgan fingerprint density at radius 1 is 1.15 bits per heavy atom. The maximum Gasteiger partial charge on any atom is 0.0401 e. The number of aryl methyl sites for hydroxylation is 1. The number of fused-ring (bicyclic) bond motifs is 1. The molecule has 0 atom stereocenters. The van der Waals surface area contributed by atoms with E-state index in [-0.39, 0.29) is 0 Å². The van der Waals surface area contributed by atoms with E-state index in [1.54, 1.807) is 5.56 Å². The normalized spacial score (nSPS) is 26.4. The van der Waals surface area contributed by atoms with Gasteiger partial charge in [-0.3, -0.25) is 0 Å². The number of rotatable bonds is 4. The summed E-state index contributed by atoms with van der Waals surface area (Å²) in [4.78, 5) is 2.70. The van der Waals surface area contributed by atoms with Gasteiger partial charge in [0.15, 0.2) is 0 Å². The predicted octanol–water partition coefficient (Wildman–Crippen LogP) is 3.75. The lowest BCUT2D eigenvalue weighted by molar-refractivity contribution is 0.329. The highest BCUT2D eigenvalue weighted by Gasteiger charge is 2.28. The smallest absolute Gasteiger partial charge is 0.0401 e. The molecule has 1 saturated carbocycles. The molecular formula is C18H28N2. The fraction of sp³-hybridized carbons (Fsp3) is 0.667. The Bertz CT molecular complexity index is 421. The van der Waals surface area contributed by atoms with Gasteiger partial charge in [0.2, 0.25) is 0 Å². The number of anilines is 1. The van der Waals surface area contributed by atoms with Crippen LogP contribution in [0.1, 0.15) is 51.0 Å². The second-order valence-electron chi connectivity index (χ2n) is 6.39. The van der Waals surface area contributed by atoms with Gasteiger partial charge in [-0.2, -0.15) is 0 Å². The summed E-state index contributed by atoms with van der Waals surface area (Å²) in [7, 11) is 0. The fourth-order valence-corrected chi connectivity index (χ4v) is 3.88. The van der Waals surface area contributed by atoms with E-state index in [1.807, 2.05) is 0 Å². The molecule has 0 bridgehead atoms. The average molecular weight is 272 g/mol. The molecule has 2 heteroatoms. The monoisotopic (exact) mass is 272 g/mol. The molecule has 20 heavy (non-hydrogen) atoms. The molecule has 3 rings (SSSR count). The quantitative estimate of drug-likeness (QED) is 0.898. The molecule has 1 aromatic carbocycles. The third kappa shape index (κ3) is 3.01. The Hall–Kier alpha value is -1.02. The predicted molar refractivity (Wildman–Crippen MR) is 86.4 cm³/mol. The van der Waals surface area contributed by atoms with Gasteiger partial charge in [-0.25, -0.2) is 0 Å². The summed E-state index contributed by atoms with van der Waals surface area (Å²) in [6.07, 6.45) is 9.25. The molecule has 0 radical (unpaired) electrons. The molecule has 0 amide bonds. The standard InChI is InChI=1S/C18H28N2/c1-2-13-19-16-9-11-17(12-10-16)20-14-5-7-15-6-3-4-8-18(15)20/h3-4,6,8,16-17,19H,2,5,7,9-14H2,1H3. The van der Waals surface area contributed by atoms with Crippen molar-refractivity contribution in [3.8, 4) is 0 Å². The van der Waals surface area contributed by atoms with Crippen LogP contribution in [0.4, 0.5) is 5.69 Å². The van der Waals surface area contributed by atoms with Crippen molar-refractivity contribution in [3.05, 3.63) is 29.8 Å². The van der Waals surface area contributed by atoms with Crippen LogP contribution in [0.15, 0.2) is 24.3 Å². The van der Waals surface area contributed by atoms with Gasteiger partial charge >= 0.3 is 0 Å². The summed E-state index contributed by atoms with van der Waals surface area (Å²) >= 11 is 0. The molecule has 1 aromatic rings. The van der Waals surface area contributed by atoms with Crippen LogP contribution in [0.2, 0.25) is 0 Å². The molecule has 110 valence electrons. The van der Waals surface area contributed by atoms with Crippen LogP contribution in [0, 0.1) is 0 Å². The number of nitrogens with zero attached hydrogens (tertiary/aromatic N) is 1. The van der Waals surface area contributed by atoms with E-state index in [1.165, 1.54) is 63.7 Å². The molecular weight excluding hydrogens is 244 g/mol. The van der Waals surface area contributed by atoms with Crippen LogP contribution in [-0.4, -0.2) is 25.2 Å². The number of nitrogens with one attached hydrogen (secondary N) is 1. The molecule has 2 aliphatic rings. The molecule has 1 aliphatic heterocycles. The maximum absolute atomic E-state index is 3.70. The van der Waals surface area contributed by atoms with Crippen LogP contribution in [-0.2, 0) is 6.42 Å². The van der Waals surface area contributed by atoms with E-state index in [9.17, 15) is 0 Å². The number of hydrogen-bond acceptors (Lipinski definition) is 2. The van der Waals surface area contributed by atoms with Crippen molar-refractivity contribution in [3.63, 3.8) is 0 Å². The molecule has 1 fully saturated rings. The number of para-hydroxylation sites is 1. The summed E-state index contributed by atoms with van der Waals surface area (Å²) in [5, 5.41) is 3.70. The van der Waals surface area contributed by atoms with Crippen molar-refractivity contribution < 1.29 is 0 Å². The van der Waals surface area contributed by atoms with E-state index in [0.29, 0.717) is 0 Å². The Balaban J connectivity index is 1.62. The Labute approximate surface area is 123 Å². The van der Waals surface area contributed by atoms with Crippen molar-refractivity contribution in [2.45, 2.75) is 64.0 Å². The Morgan fingerprint density at radius 3 is 2.75 bits per heavy atom. The minimum atomic E-state index is 0.770. The lowest BCUT2D eigenvalue weighted by Gasteiger charge is -2.41. The van der Waals surface area contributed by atoms with E-state index >= 15 is 0 Å². The van der Waals surface area contributed by atoms with E-state index in [4.69, 9.17) is 0 Å². The zero-order chi connectivity index (χ0) is 13.8. The SMILES string of the molecule is CCCNC1CCC(N2CCCc3ccccc32)CC1. The van der Waals surface area contributed by atoms with Gasteiger partial charge in [0.05, 0.1) is 0 Å². The summed E-state index contributed by atoms with van der Waals surface area (Å²) < 4.78 is 0. The van der Waals surface area contributed by atoms with Gasteiger partial charge in [0.25, 0.3) is 0 Å². The Kier molecular flexibility index (Phi) is 4.62. The zero-order valence-corrected chi connectivity index (χ0v) is 12.8. The van der Waals surface area contributed by atoms with Gasteiger partial charge in [0.1, 0.15) is 0 Å². The fourth-order valence-electron chi connectivity index (χ4n) is 3.88. The van der Waals surface area contributed by atoms with E-state index in [0.717, 1.165) is 12.1 Å². The van der Waals surface area contributed by atoms with Crippen LogP contribution in [0.25, 0.3) is 0 Å². The first-order chi connectivity index (χ1) is 9.88. The van der Waals surface area contributed by atoms with Crippen molar-refractivity contribution in [2.24, 2.45) is 0 Å². The first-order valence-corrected chi connectivity index (χ1v) is 8.46. The summed E-state index contributed by atoms with van der Waals surface area (Å²) in [5.74, 6) is 0. The highest BCUT2D eigenvalue weighted by molar-refractivity contribution is 5.56. The highest BCUT2D eigenvalue weighted by atomic mass is 15.2. The lowest BCUT2D eigenvalue weighted by Crippen LogP contribution is -2.44. The van der Waals surface area contributed by atoms with Gasteiger partial charge in [-0.1, -0.05) is 25.1 Å². The molecule has 1 N–H and O–H groups in total. The molecule has 0 spiro atoms. The van der Waals surface area contributed by atoms with Gasteiger partial charge in [0, 0.05) is 24.3 Å². The van der Waals surface area contributed by atoms with Crippen LogP contribution in [0.3, 0.4) is 0 Å². The lowest BCUT2D eigenvalue weighted by atomic mass is 9.88. The van der Waals surface area contributed by atoms with Gasteiger partial charge in [-0.05, 0) is 63.1 Å². The summed E-state index contributed by atoms with van der Waals surface area (Å²) in [6.45, 7) is 4.69. The Morgan fingerprint density at radius 2 is 1.95 bits per heavy atom. The van der Waals surface area contributed by atoms with E-state index < -0.39 is 0 Å². The highest BCUT2D eigenvalue weighted by Crippen LogP contribution is 2.33. The van der Waals surface area contributed by atoms with Crippen molar-refractivity contribution in [1.82, 2.24) is 5.32 Å². The number of benzene rings is 1. The maximum atomic E-state index is 3.70. The number of hydrogen-bond donors (Lipinski definition) is 1. The topological polar surface area (TPSA) is 15.3 Å². The van der Waals surface area contributed by atoms with Crippen molar-refractivity contribution in [2.75, 3.05) is 18.0 Å².